The minimum absolute atomic E-state index is 0.0513. The lowest BCUT2D eigenvalue weighted by molar-refractivity contribution is -0.134. The molecule has 2 N–H and O–H groups in total. The molecule has 0 aliphatic rings. The highest BCUT2D eigenvalue weighted by Crippen LogP contribution is 2.14. The van der Waals surface area contributed by atoms with Crippen molar-refractivity contribution < 1.29 is 9.21 Å². The molecule has 0 bridgehead atoms. The van der Waals surface area contributed by atoms with Gasteiger partial charge in [-0.05, 0) is 31.0 Å². The number of carbonyl (C=O) groups is 1. The van der Waals surface area contributed by atoms with E-state index in [4.69, 9.17) is 10.2 Å². The van der Waals surface area contributed by atoms with Gasteiger partial charge in [0.25, 0.3) is 0 Å². The minimum Gasteiger partial charge on any atom is -0.464 e. The first-order chi connectivity index (χ1) is 10.1. The molecule has 1 aromatic heterocycles. The smallest absolute Gasteiger partial charge is 0.227 e. The van der Waals surface area contributed by atoms with Crippen molar-refractivity contribution >= 4 is 5.91 Å². The average molecular weight is 286 g/mol. The summed E-state index contributed by atoms with van der Waals surface area (Å²) in [5, 5.41) is 0. The Morgan fingerprint density at radius 1 is 1.24 bits per heavy atom. The molecule has 0 saturated heterocycles. The van der Waals surface area contributed by atoms with Gasteiger partial charge in [0, 0.05) is 13.6 Å². The Balaban J connectivity index is 1.98. The Morgan fingerprint density at radius 3 is 2.52 bits per heavy atom. The third-order valence-electron chi connectivity index (χ3n) is 3.52. The maximum atomic E-state index is 12.5. The minimum atomic E-state index is -0.201. The van der Waals surface area contributed by atoms with Crippen LogP contribution < -0.4 is 5.73 Å². The Kier molecular flexibility index (Phi) is 5.17. The van der Waals surface area contributed by atoms with Gasteiger partial charge in [0.05, 0.1) is 12.5 Å². The molecule has 0 saturated carbocycles. The lowest BCUT2D eigenvalue weighted by atomic mass is 9.98. The molecule has 0 fully saturated rings. The summed E-state index contributed by atoms with van der Waals surface area (Å²) in [6.07, 6.45) is 0.664. The molecule has 1 amide bonds. The van der Waals surface area contributed by atoms with Crippen LogP contribution in [0.3, 0.4) is 0 Å². The van der Waals surface area contributed by atoms with Crippen LogP contribution in [0.4, 0.5) is 0 Å². The summed E-state index contributed by atoms with van der Waals surface area (Å²) < 4.78 is 5.51. The molecule has 1 atom stereocenters. The average Bonchev–Trinajstić information content (AvgIpc) is 2.90. The molecule has 4 heteroatoms. The van der Waals surface area contributed by atoms with Crippen LogP contribution >= 0.6 is 0 Å². The summed E-state index contributed by atoms with van der Waals surface area (Å²) in [5.41, 5.74) is 6.91. The fourth-order valence-corrected chi connectivity index (χ4v) is 2.36. The molecule has 112 valence electrons. The van der Waals surface area contributed by atoms with Crippen LogP contribution in [0.5, 0.6) is 0 Å². The van der Waals surface area contributed by atoms with E-state index in [1.165, 1.54) is 0 Å². The summed E-state index contributed by atoms with van der Waals surface area (Å²) >= 11 is 0. The summed E-state index contributed by atoms with van der Waals surface area (Å²) in [4.78, 5) is 14.2. The van der Waals surface area contributed by atoms with Gasteiger partial charge in [0.15, 0.2) is 0 Å². The molecule has 4 nitrogen and oxygen atoms in total. The second-order valence-corrected chi connectivity index (χ2v) is 5.33. The van der Waals surface area contributed by atoms with Crippen LogP contribution in [0, 0.1) is 12.8 Å². The Hall–Kier alpha value is -2.07. The highest BCUT2D eigenvalue weighted by atomic mass is 16.3. The molecule has 2 rings (SSSR count). The highest BCUT2D eigenvalue weighted by molar-refractivity contribution is 5.79. The van der Waals surface area contributed by atoms with Gasteiger partial charge in [-0.15, -0.1) is 0 Å². The molecular formula is C17H22N2O2. The molecule has 0 aliphatic carbocycles. The monoisotopic (exact) mass is 286 g/mol. The van der Waals surface area contributed by atoms with Gasteiger partial charge in [-0.2, -0.15) is 0 Å². The Bertz CT molecular complexity index is 577. The van der Waals surface area contributed by atoms with Gasteiger partial charge >= 0.3 is 0 Å². The standard InChI is InChI=1S/C17H22N2O2/c1-13-8-9-16(21-13)12-19(2)17(20)15(11-18)10-14-6-4-3-5-7-14/h3-9,15H,10-12,18H2,1-2H3. The number of nitrogens with zero attached hydrogens (tertiary/aromatic N) is 1. The maximum Gasteiger partial charge on any atom is 0.227 e. The van der Waals surface area contributed by atoms with Crippen LogP contribution in [0.15, 0.2) is 46.9 Å². The summed E-state index contributed by atoms with van der Waals surface area (Å²) in [5.74, 6) is 1.49. The van der Waals surface area contributed by atoms with Gasteiger partial charge in [-0.3, -0.25) is 4.79 Å². The Labute approximate surface area is 125 Å². The summed E-state index contributed by atoms with van der Waals surface area (Å²) in [6.45, 7) is 2.70. The number of hydrogen-bond acceptors (Lipinski definition) is 3. The lowest BCUT2D eigenvalue weighted by Gasteiger charge is -2.22. The molecule has 1 aromatic carbocycles. The maximum absolute atomic E-state index is 12.5. The fraction of sp³-hybridized carbons (Fsp3) is 0.353. The second-order valence-electron chi connectivity index (χ2n) is 5.33. The van der Waals surface area contributed by atoms with Crippen LogP contribution in [0.1, 0.15) is 17.1 Å². The first-order valence-electron chi connectivity index (χ1n) is 7.14. The van der Waals surface area contributed by atoms with Crippen molar-refractivity contribution in [1.82, 2.24) is 4.90 Å². The second kappa shape index (κ2) is 7.09. The fourth-order valence-electron chi connectivity index (χ4n) is 2.36. The third-order valence-corrected chi connectivity index (χ3v) is 3.52. The molecule has 0 spiro atoms. The van der Waals surface area contributed by atoms with Crippen molar-refractivity contribution in [3.8, 4) is 0 Å². The van der Waals surface area contributed by atoms with E-state index in [0.29, 0.717) is 19.5 Å². The summed E-state index contributed by atoms with van der Waals surface area (Å²) in [7, 11) is 1.79. The number of aryl methyl sites for hydroxylation is 1. The molecule has 0 radical (unpaired) electrons. The Morgan fingerprint density at radius 2 is 1.95 bits per heavy atom. The zero-order valence-corrected chi connectivity index (χ0v) is 12.6. The quantitative estimate of drug-likeness (QED) is 0.887. The van der Waals surface area contributed by atoms with Gasteiger partial charge in [-0.1, -0.05) is 30.3 Å². The number of rotatable bonds is 6. The van der Waals surface area contributed by atoms with Crippen molar-refractivity contribution in [1.29, 1.82) is 0 Å². The number of hydrogen-bond donors (Lipinski definition) is 1. The van der Waals surface area contributed by atoms with Crippen LogP contribution in [0.2, 0.25) is 0 Å². The molecule has 21 heavy (non-hydrogen) atoms. The first-order valence-corrected chi connectivity index (χ1v) is 7.14. The number of furan rings is 1. The van der Waals surface area contributed by atoms with Gasteiger partial charge in [-0.25, -0.2) is 0 Å². The van der Waals surface area contributed by atoms with Gasteiger partial charge in [0.1, 0.15) is 11.5 Å². The van der Waals surface area contributed by atoms with Crippen molar-refractivity contribution in [3.05, 3.63) is 59.5 Å². The van der Waals surface area contributed by atoms with Crippen molar-refractivity contribution in [2.24, 2.45) is 11.7 Å². The van der Waals surface area contributed by atoms with Crippen molar-refractivity contribution in [2.45, 2.75) is 19.9 Å². The van der Waals surface area contributed by atoms with Gasteiger partial charge < -0.3 is 15.1 Å². The molecule has 2 aromatic rings. The molecule has 1 heterocycles. The van der Waals surface area contributed by atoms with Crippen LogP contribution in [-0.4, -0.2) is 24.4 Å². The zero-order valence-electron chi connectivity index (χ0n) is 12.6. The largest absolute Gasteiger partial charge is 0.464 e. The van der Waals surface area contributed by atoms with E-state index in [2.05, 4.69) is 0 Å². The van der Waals surface area contributed by atoms with Crippen LogP contribution in [-0.2, 0) is 17.8 Å². The number of nitrogens with two attached hydrogens (primary N) is 1. The number of benzene rings is 1. The SMILES string of the molecule is Cc1ccc(CN(C)C(=O)C(CN)Cc2ccccc2)o1. The number of amides is 1. The van der Waals surface area contributed by atoms with E-state index in [0.717, 1.165) is 17.1 Å². The van der Waals surface area contributed by atoms with Crippen LogP contribution in [0.25, 0.3) is 0 Å². The molecule has 1 unspecified atom stereocenters. The van der Waals surface area contributed by atoms with Crippen molar-refractivity contribution in [2.75, 3.05) is 13.6 Å². The molecule has 0 aliphatic heterocycles. The third kappa shape index (κ3) is 4.20. The van der Waals surface area contributed by atoms with E-state index in [1.54, 1.807) is 11.9 Å². The topological polar surface area (TPSA) is 59.5 Å². The van der Waals surface area contributed by atoms with E-state index in [-0.39, 0.29) is 11.8 Å². The van der Waals surface area contributed by atoms with E-state index in [1.807, 2.05) is 49.4 Å². The molecular weight excluding hydrogens is 264 g/mol. The highest BCUT2D eigenvalue weighted by Gasteiger charge is 2.21. The van der Waals surface area contributed by atoms with Crippen molar-refractivity contribution in [3.63, 3.8) is 0 Å². The normalized spacial score (nSPS) is 12.1. The lowest BCUT2D eigenvalue weighted by Crippen LogP contribution is -2.37. The zero-order chi connectivity index (χ0) is 15.2. The van der Waals surface area contributed by atoms with E-state index in [9.17, 15) is 4.79 Å². The predicted molar refractivity (Wildman–Crippen MR) is 82.6 cm³/mol. The first kappa shape index (κ1) is 15.3. The predicted octanol–water partition coefficient (Wildman–Crippen LogP) is 2.36. The summed E-state index contributed by atoms with van der Waals surface area (Å²) in [6, 6.07) is 13.8. The van der Waals surface area contributed by atoms with Gasteiger partial charge in [0.2, 0.25) is 5.91 Å². The van der Waals surface area contributed by atoms with E-state index >= 15 is 0 Å². The number of carbonyl (C=O) groups excluding carboxylic acids is 1. The van der Waals surface area contributed by atoms with E-state index < -0.39 is 0 Å².